The maximum atomic E-state index is 5.96. The average molecular weight is 293 g/mol. The van der Waals surface area contributed by atoms with Crippen LogP contribution in [-0.2, 0) is 6.54 Å². The summed E-state index contributed by atoms with van der Waals surface area (Å²) in [6.07, 6.45) is 3.79. The quantitative estimate of drug-likeness (QED) is 0.791. The highest BCUT2D eigenvalue weighted by atomic mass is 79.9. The van der Waals surface area contributed by atoms with Crippen molar-refractivity contribution in [3.63, 3.8) is 0 Å². The van der Waals surface area contributed by atoms with E-state index in [2.05, 4.69) is 20.8 Å². The van der Waals surface area contributed by atoms with Gasteiger partial charge >= 0.3 is 0 Å². The van der Waals surface area contributed by atoms with E-state index in [1.54, 1.807) is 0 Å². The number of halogens is 2. The molecule has 1 unspecified atom stereocenters. The van der Waals surface area contributed by atoms with Gasteiger partial charge in [0.2, 0.25) is 0 Å². The Morgan fingerprint density at radius 3 is 3.00 bits per heavy atom. The molecule has 0 N–H and O–H groups in total. The van der Waals surface area contributed by atoms with Gasteiger partial charge in [-0.25, -0.2) is 0 Å². The van der Waals surface area contributed by atoms with Crippen molar-refractivity contribution in [1.82, 2.24) is 4.90 Å². The van der Waals surface area contributed by atoms with Crippen molar-refractivity contribution in [2.75, 3.05) is 12.4 Å². The zero-order valence-electron chi connectivity index (χ0n) is 8.59. The van der Waals surface area contributed by atoms with Crippen molar-refractivity contribution in [3.8, 4) is 0 Å². The lowest BCUT2D eigenvalue weighted by Gasteiger charge is -2.33. The lowest BCUT2D eigenvalue weighted by atomic mass is 10.0. The second-order valence-corrected chi connectivity index (χ2v) is 5.07. The van der Waals surface area contributed by atoms with Gasteiger partial charge in [-0.2, -0.15) is 0 Å². The smallest absolute Gasteiger partial charge is 0.169 e. The van der Waals surface area contributed by atoms with E-state index in [9.17, 15) is 0 Å². The summed E-state index contributed by atoms with van der Waals surface area (Å²) in [6.45, 7) is 2.01. The molecular weight excluding hydrogens is 277 g/mol. The van der Waals surface area contributed by atoms with Crippen LogP contribution in [0.25, 0.3) is 0 Å². The number of likely N-dealkylation sites (tertiary alicyclic amines) is 1. The molecular formula is C11H15BrClNO. The molecule has 84 valence electrons. The Hall–Kier alpha value is 0.01000. The van der Waals surface area contributed by atoms with Crippen LogP contribution in [-0.4, -0.2) is 23.4 Å². The molecule has 0 bridgehead atoms. The van der Waals surface area contributed by atoms with Crippen LogP contribution in [0.1, 0.15) is 25.0 Å². The van der Waals surface area contributed by atoms with Crippen molar-refractivity contribution >= 4 is 27.5 Å². The molecule has 2 rings (SSSR count). The fourth-order valence-electron chi connectivity index (χ4n) is 2.08. The van der Waals surface area contributed by atoms with Crippen molar-refractivity contribution in [2.24, 2.45) is 0 Å². The van der Waals surface area contributed by atoms with E-state index in [0.717, 1.165) is 29.4 Å². The largest absolute Gasteiger partial charge is 0.453 e. The van der Waals surface area contributed by atoms with E-state index < -0.39 is 0 Å². The molecule has 0 aliphatic carbocycles. The predicted molar refractivity (Wildman–Crippen MR) is 65.2 cm³/mol. The summed E-state index contributed by atoms with van der Waals surface area (Å²) >= 11 is 9.28. The Morgan fingerprint density at radius 1 is 1.47 bits per heavy atom. The molecule has 0 amide bonds. The van der Waals surface area contributed by atoms with Gasteiger partial charge < -0.3 is 4.42 Å². The lowest BCUT2D eigenvalue weighted by Crippen LogP contribution is -2.39. The summed E-state index contributed by atoms with van der Waals surface area (Å²) < 4.78 is 6.31. The Balaban J connectivity index is 1.97. The van der Waals surface area contributed by atoms with Crippen molar-refractivity contribution in [1.29, 1.82) is 0 Å². The molecule has 1 fully saturated rings. The zero-order valence-corrected chi connectivity index (χ0v) is 10.9. The molecule has 2 heterocycles. The molecule has 0 radical (unpaired) electrons. The third-order valence-corrected chi connectivity index (χ3v) is 3.70. The second kappa shape index (κ2) is 5.37. The van der Waals surface area contributed by atoms with Crippen LogP contribution in [0.3, 0.4) is 0 Å². The molecule has 1 aliphatic rings. The van der Waals surface area contributed by atoms with E-state index >= 15 is 0 Å². The number of alkyl halides is 1. The number of piperidine rings is 1. The molecule has 15 heavy (non-hydrogen) atoms. The topological polar surface area (TPSA) is 16.4 Å². The van der Waals surface area contributed by atoms with Gasteiger partial charge in [0.15, 0.2) is 4.67 Å². The van der Waals surface area contributed by atoms with Gasteiger partial charge in [-0.1, -0.05) is 6.42 Å². The number of furan rings is 1. The molecule has 0 saturated carbocycles. The van der Waals surface area contributed by atoms with E-state index in [-0.39, 0.29) is 0 Å². The lowest BCUT2D eigenvalue weighted by molar-refractivity contribution is 0.143. The third kappa shape index (κ3) is 2.99. The first-order valence-corrected chi connectivity index (χ1v) is 6.66. The van der Waals surface area contributed by atoms with Crippen LogP contribution in [0.5, 0.6) is 0 Å². The Labute approximate surface area is 104 Å². The fraction of sp³-hybridized carbons (Fsp3) is 0.636. The number of rotatable bonds is 3. The van der Waals surface area contributed by atoms with Gasteiger partial charge in [0.25, 0.3) is 0 Å². The fourth-order valence-corrected chi connectivity index (χ4v) is 2.77. The Kier molecular flexibility index (Phi) is 4.12. The molecule has 4 heteroatoms. The first-order chi connectivity index (χ1) is 7.29. The average Bonchev–Trinajstić information content (AvgIpc) is 2.65. The van der Waals surface area contributed by atoms with Gasteiger partial charge in [-0.3, -0.25) is 4.90 Å². The summed E-state index contributed by atoms with van der Waals surface area (Å²) in [5.74, 6) is 1.74. The molecule has 2 nitrogen and oxygen atoms in total. The zero-order chi connectivity index (χ0) is 10.7. The second-order valence-electron chi connectivity index (χ2n) is 3.98. The first-order valence-electron chi connectivity index (χ1n) is 5.34. The molecule has 0 aromatic carbocycles. The molecule has 1 aromatic rings. The molecule has 1 atom stereocenters. The minimum Gasteiger partial charge on any atom is -0.453 e. The summed E-state index contributed by atoms with van der Waals surface area (Å²) in [4.78, 5) is 2.42. The summed E-state index contributed by atoms with van der Waals surface area (Å²) in [6, 6.07) is 4.48. The first kappa shape index (κ1) is 11.5. The summed E-state index contributed by atoms with van der Waals surface area (Å²) in [5, 5.41) is 0. The molecule has 1 aliphatic heterocycles. The molecule has 1 saturated heterocycles. The van der Waals surface area contributed by atoms with Crippen LogP contribution in [0.4, 0.5) is 0 Å². The van der Waals surface area contributed by atoms with Gasteiger partial charge in [-0.05, 0) is 47.4 Å². The van der Waals surface area contributed by atoms with Crippen LogP contribution in [0.2, 0.25) is 0 Å². The van der Waals surface area contributed by atoms with Crippen LogP contribution >= 0.6 is 27.5 Å². The van der Waals surface area contributed by atoms with Crippen LogP contribution < -0.4 is 0 Å². The van der Waals surface area contributed by atoms with E-state index in [1.807, 2.05) is 12.1 Å². The monoisotopic (exact) mass is 291 g/mol. The standard InChI is InChI=1S/C11H15BrClNO/c12-11-5-4-10(15-11)8-14-6-2-1-3-9(14)7-13/h4-5,9H,1-3,6-8H2. The van der Waals surface area contributed by atoms with Crippen LogP contribution in [0, 0.1) is 0 Å². The minimum absolute atomic E-state index is 0.518. The predicted octanol–water partition coefficient (Wildman–Crippen LogP) is 3.64. The van der Waals surface area contributed by atoms with Crippen molar-refractivity contribution < 1.29 is 4.42 Å². The van der Waals surface area contributed by atoms with E-state index in [0.29, 0.717) is 6.04 Å². The molecule has 1 aromatic heterocycles. The number of hydrogen-bond donors (Lipinski definition) is 0. The number of hydrogen-bond acceptors (Lipinski definition) is 2. The number of nitrogens with zero attached hydrogens (tertiary/aromatic N) is 1. The Morgan fingerprint density at radius 2 is 2.33 bits per heavy atom. The van der Waals surface area contributed by atoms with E-state index in [1.165, 1.54) is 19.3 Å². The highest BCUT2D eigenvalue weighted by Gasteiger charge is 2.22. The van der Waals surface area contributed by atoms with Crippen molar-refractivity contribution in [2.45, 2.75) is 31.8 Å². The van der Waals surface area contributed by atoms with Crippen LogP contribution in [0.15, 0.2) is 21.2 Å². The maximum Gasteiger partial charge on any atom is 0.169 e. The molecule has 0 spiro atoms. The highest BCUT2D eigenvalue weighted by Crippen LogP contribution is 2.22. The minimum atomic E-state index is 0.518. The highest BCUT2D eigenvalue weighted by molar-refractivity contribution is 9.10. The summed E-state index contributed by atoms with van der Waals surface area (Å²) in [7, 11) is 0. The van der Waals surface area contributed by atoms with Gasteiger partial charge in [0.1, 0.15) is 5.76 Å². The third-order valence-electron chi connectivity index (χ3n) is 2.91. The SMILES string of the molecule is ClCC1CCCCN1Cc1ccc(Br)o1. The van der Waals surface area contributed by atoms with Gasteiger partial charge in [-0.15, -0.1) is 11.6 Å². The maximum absolute atomic E-state index is 5.96. The van der Waals surface area contributed by atoms with Gasteiger partial charge in [0, 0.05) is 11.9 Å². The van der Waals surface area contributed by atoms with Crippen molar-refractivity contribution in [3.05, 3.63) is 22.6 Å². The summed E-state index contributed by atoms with van der Waals surface area (Å²) in [5.41, 5.74) is 0. The van der Waals surface area contributed by atoms with E-state index in [4.69, 9.17) is 16.0 Å². The normalized spacial score (nSPS) is 23.2. The Bertz CT molecular complexity index is 315. The van der Waals surface area contributed by atoms with Gasteiger partial charge in [0.05, 0.1) is 6.54 Å².